The fourth-order valence-electron chi connectivity index (χ4n) is 3.99. The minimum Gasteiger partial charge on any atom is -0.648 e. The van der Waals surface area contributed by atoms with E-state index in [1.54, 1.807) is 24.3 Å². The predicted octanol–water partition coefficient (Wildman–Crippen LogP) is 1.66. The predicted molar refractivity (Wildman–Crippen MR) is 143 cm³/mol. The number of benzene rings is 1. The van der Waals surface area contributed by atoms with Crippen molar-refractivity contribution in [3.05, 3.63) is 40.7 Å². The molecule has 0 saturated heterocycles. The maximum absolute atomic E-state index is 11.9. The van der Waals surface area contributed by atoms with Gasteiger partial charge in [0, 0.05) is 38.3 Å². The monoisotopic (exact) mass is 600 g/mol. The minimum atomic E-state index is -0.368. The van der Waals surface area contributed by atoms with Crippen molar-refractivity contribution < 1.29 is 86.9 Å². The van der Waals surface area contributed by atoms with Crippen molar-refractivity contribution in [2.24, 2.45) is 5.92 Å². The van der Waals surface area contributed by atoms with Crippen LogP contribution in [0.5, 0.6) is 0 Å². The largest absolute Gasteiger partial charge is 1.00 e. The molecule has 0 spiro atoms. The van der Waals surface area contributed by atoms with Crippen molar-refractivity contribution in [2.45, 2.75) is 91.5 Å². The number of rotatable bonds is 21. The van der Waals surface area contributed by atoms with Crippen molar-refractivity contribution in [1.29, 1.82) is 0 Å². The van der Waals surface area contributed by atoms with Crippen LogP contribution in [0, 0.1) is 5.92 Å². The molecular formula is C29H43N2O6Rb. The molecule has 1 aromatic carbocycles. The number of ketones is 3. The van der Waals surface area contributed by atoms with Crippen LogP contribution in [-0.2, 0) is 41.7 Å². The van der Waals surface area contributed by atoms with Gasteiger partial charge in [-0.25, -0.2) is 0 Å². The Hall–Kier alpha value is -1.06. The molecular weight excluding hydrogens is 558 g/mol. The van der Waals surface area contributed by atoms with E-state index in [4.69, 9.17) is 4.74 Å². The van der Waals surface area contributed by atoms with Gasteiger partial charge in [-0.3, -0.25) is 19.2 Å². The number of nitrogens with one attached hydrogen (secondary N) is 1. The Kier molecular flexibility index (Phi) is 22.1. The molecule has 9 heteroatoms. The van der Waals surface area contributed by atoms with Crippen molar-refractivity contribution in [2.75, 3.05) is 19.8 Å². The third-order valence-electron chi connectivity index (χ3n) is 5.97. The number of amides is 2. The van der Waals surface area contributed by atoms with Gasteiger partial charge in [0.05, 0.1) is 18.9 Å². The van der Waals surface area contributed by atoms with E-state index in [1.807, 2.05) is 6.92 Å². The molecule has 0 heterocycles. The Morgan fingerprint density at radius 2 is 1.63 bits per heavy atom. The summed E-state index contributed by atoms with van der Waals surface area (Å²) in [6.45, 7) is 6.39. The van der Waals surface area contributed by atoms with Crippen LogP contribution < -0.4 is 63.5 Å². The van der Waals surface area contributed by atoms with E-state index in [1.165, 1.54) is 6.92 Å². The SMILES string of the molecule is CCCC(CCCCNC(=O)CCCOCC(=O)[N-]Cc1ccc(CC(=O)CC(C)=O)cc1)C(=O)CC.[Rb+]. The van der Waals surface area contributed by atoms with Crippen molar-refractivity contribution in [3.8, 4) is 0 Å². The van der Waals surface area contributed by atoms with Gasteiger partial charge in [0.2, 0.25) is 5.91 Å². The minimum absolute atomic E-state index is 0. The Balaban J connectivity index is 0.0000137. The van der Waals surface area contributed by atoms with Crippen LogP contribution in [0.25, 0.3) is 5.32 Å². The zero-order chi connectivity index (χ0) is 27.5. The Morgan fingerprint density at radius 1 is 0.947 bits per heavy atom. The van der Waals surface area contributed by atoms with Crippen LogP contribution in [0.15, 0.2) is 24.3 Å². The molecule has 1 rings (SSSR count). The van der Waals surface area contributed by atoms with Crippen LogP contribution in [0.1, 0.15) is 89.7 Å². The molecule has 0 fully saturated rings. The maximum Gasteiger partial charge on any atom is 1.00 e. The summed E-state index contributed by atoms with van der Waals surface area (Å²) in [5.74, 6) is -0.183. The number of carbonyl (C=O) groups is 5. The third-order valence-corrected chi connectivity index (χ3v) is 5.97. The summed E-state index contributed by atoms with van der Waals surface area (Å²) in [6, 6.07) is 7.21. The van der Waals surface area contributed by atoms with Gasteiger partial charge in [-0.2, -0.15) is 0 Å². The van der Waals surface area contributed by atoms with E-state index >= 15 is 0 Å². The summed E-state index contributed by atoms with van der Waals surface area (Å²) in [7, 11) is 0. The topological polar surface area (TPSA) is 121 Å². The third kappa shape index (κ3) is 18.3. The van der Waals surface area contributed by atoms with Gasteiger partial charge in [-0.1, -0.05) is 56.5 Å². The molecule has 1 atom stereocenters. The smallest absolute Gasteiger partial charge is 0.648 e. The molecule has 0 bridgehead atoms. The van der Waals surface area contributed by atoms with Gasteiger partial charge in [-0.15, -0.1) is 6.54 Å². The van der Waals surface area contributed by atoms with E-state index in [9.17, 15) is 24.0 Å². The first-order valence-electron chi connectivity index (χ1n) is 13.4. The molecule has 38 heavy (non-hydrogen) atoms. The van der Waals surface area contributed by atoms with E-state index in [0.29, 0.717) is 38.2 Å². The molecule has 0 aliphatic rings. The zero-order valence-corrected chi connectivity index (χ0v) is 28.6. The Labute approximate surface area is 276 Å². The van der Waals surface area contributed by atoms with E-state index in [2.05, 4.69) is 17.6 Å². The van der Waals surface area contributed by atoms with E-state index in [0.717, 1.165) is 43.2 Å². The second-order valence-electron chi connectivity index (χ2n) is 9.43. The molecule has 2 amide bonds. The number of carbonyl (C=O) groups excluding carboxylic acids is 5. The molecule has 8 nitrogen and oxygen atoms in total. The van der Waals surface area contributed by atoms with Crippen LogP contribution in [0.4, 0.5) is 0 Å². The number of ether oxygens (including phenoxy) is 1. The molecule has 0 radical (unpaired) electrons. The van der Waals surface area contributed by atoms with Gasteiger partial charge in [-0.05, 0) is 38.2 Å². The molecule has 0 aromatic heterocycles. The van der Waals surface area contributed by atoms with Crippen molar-refractivity contribution >= 4 is 29.2 Å². The van der Waals surface area contributed by atoms with Crippen LogP contribution in [-0.4, -0.2) is 48.9 Å². The van der Waals surface area contributed by atoms with E-state index < -0.39 is 0 Å². The quantitative estimate of drug-likeness (QED) is 0.169. The summed E-state index contributed by atoms with van der Waals surface area (Å²) >= 11 is 0. The summed E-state index contributed by atoms with van der Waals surface area (Å²) in [5.41, 5.74) is 1.66. The Bertz CT molecular complexity index is 872. The van der Waals surface area contributed by atoms with Gasteiger partial charge >= 0.3 is 58.2 Å². The van der Waals surface area contributed by atoms with Crippen LogP contribution >= 0.6 is 0 Å². The standard InChI is InChI=1S/C29H44N2O6.Rb/c1-4-9-25(27(34)5-2)10-6-7-16-30-28(35)11-8-17-37-21-29(36)31-20-24-14-12-23(13-15-24)19-26(33)18-22(3)32;/h12-15,25H,4-11,16-21H2,1-3H3,(H2,30,31,35,36);/q;+1/p-1. The molecule has 0 saturated carbocycles. The first-order valence-corrected chi connectivity index (χ1v) is 13.4. The van der Waals surface area contributed by atoms with Gasteiger partial charge < -0.3 is 20.2 Å². The second-order valence-corrected chi connectivity index (χ2v) is 9.43. The molecule has 1 aromatic rings. The number of hydrogen-bond donors (Lipinski definition) is 1. The maximum atomic E-state index is 11.9. The summed E-state index contributed by atoms with van der Waals surface area (Å²) in [5, 5.41) is 6.87. The number of Topliss-reactive ketones (excluding diaryl/α,β-unsaturated/α-hetero) is 3. The fourth-order valence-corrected chi connectivity index (χ4v) is 3.99. The fraction of sp³-hybridized carbons (Fsp3) is 0.621. The van der Waals surface area contributed by atoms with Crippen molar-refractivity contribution in [1.82, 2.24) is 5.32 Å². The molecule has 0 aliphatic heterocycles. The summed E-state index contributed by atoms with van der Waals surface area (Å²) in [6.07, 6.45) is 6.22. The first-order chi connectivity index (χ1) is 17.7. The normalized spacial score (nSPS) is 11.2. The van der Waals surface area contributed by atoms with E-state index in [-0.39, 0.29) is 113 Å². The van der Waals surface area contributed by atoms with Crippen molar-refractivity contribution in [3.63, 3.8) is 0 Å². The molecule has 1 unspecified atom stereocenters. The zero-order valence-electron chi connectivity index (χ0n) is 23.7. The van der Waals surface area contributed by atoms with Crippen LogP contribution in [0.3, 0.4) is 0 Å². The first kappa shape index (κ1) is 36.9. The number of nitrogens with zero attached hydrogens (tertiary/aromatic N) is 1. The van der Waals surface area contributed by atoms with Gasteiger partial charge in [0.1, 0.15) is 17.3 Å². The van der Waals surface area contributed by atoms with Gasteiger partial charge in [0.25, 0.3) is 0 Å². The summed E-state index contributed by atoms with van der Waals surface area (Å²) in [4.78, 5) is 58.5. The average Bonchev–Trinajstić information content (AvgIpc) is 2.86. The Morgan fingerprint density at radius 3 is 2.26 bits per heavy atom. The second kappa shape index (κ2) is 22.7. The number of unbranched alkanes of at least 4 members (excludes halogenated alkanes) is 1. The summed E-state index contributed by atoms with van der Waals surface area (Å²) < 4.78 is 5.33. The molecule has 0 aliphatic carbocycles. The van der Waals surface area contributed by atoms with Gasteiger partial charge in [0.15, 0.2) is 0 Å². The molecule has 1 N–H and O–H groups in total. The average molecular weight is 601 g/mol. The van der Waals surface area contributed by atoms with Crippen LogP contribution in [0.2, 0.25) is 0 Å². The molecule has 206 valence electrons. The number of hydrogen-bond acceptors (Lipinski definition) is 6.